The first kappa shape index (κ1) is 23.8. The Bertz CT molecular complexity index is 1100. The number of urea groups is 1. The number of nitrogens with zero attached hydrogens (tertiary/aromatic N) is 3. The Balaban J connectivity index is 1.41. The second-order valence-electron chi connectivity index (χ2n) is 8.20. The van der Waals surface area contributed by atoms with Crippen LogP contribution in [0.5, 0.6) is 5.75 Å². The van der Waals surface area contributed by atoms with E-state index in [9.17, 15) is 9.59 Å². The molecule has 4 rings (SSSR count). The van der Waals surface area contributed by atoms with Crippen LogP contribution < -0.4 is 15.4 Å². The Kier molecular flexibility index (Phi) is 8.19. The molecular formula is C25H29N5O3S. The molecule has 0 spiro atoms. The second kappa shape index (κ2) is 11.7. The fourth-order valence-electron chi connectivity index (χ4n) is 4.10. The van der Waals surface area contributed by atoms with Crippen LogP contribution in [0.2, 0.25) is 0 Å². The number of carbonyl (C=O) groups is 2. The molecule has 3 aromatic rings. The minimum Gasteiger partial charge on any atom is -0.497 e. The van der Waals surface area contributed by atoms with E-state index in [-0.39, 0.29) is 11.7 Å². The number of carbonyl (C=O) groups excluding carboxylic acids is 2. The van der Waals surface area contributed by atoms with Crippen molar-refractivity contribution < 1.29 is 14.3 Å². The number of amides is 3. The molecule has 1 fully saturated rings. The lowest BCUT2D eigenvalue weighted by Gasteiger charge is -2.25. The molecule has 1 aliphatic carbocycles. The van der Waals surface area contributed by atoms with E-state index in [1.165, 1.54) is 18.2 Å². The lowest BCUT2D eigenvalue weighted by Crippen LogP contribution is -2.40. The summed E-state index contributed by atoms with van der Waals surface area (Å²) in [7, 11) is 1.64. The summed E-state index contributed by atoms with van der Waals surface area (Å²) in [5.41, 5.74) is 1.92. The first-order valence-electron chi connectivity index (χ1n) is 11.5. The number of hydrogen-bond acceptors (Lipinski definition) is 6. The van der Waals surface area contributed by atoms with Gasteiger partial charge in [-0.1, -0.05) is 61.4 Å². The summed E-state index contributed by atoms with van der Waals surface area (Å²) in [5.74, 6) is 1.27. The predicted octanol–water partition coefficient (Wildman–Crippen LogP) is 4.58. The van der Waals surface area contributed by atoms with Gasteiger partial charge in [0.05, 0.1) is 12.9 Å². The number of hydrogen-bond donors (Lipinski definition) is 2. The topological polar surface area (TPSA) is 98.1 Å². The lowest BCUT2D eigenvalue weighted by molar-refractivity contribution is -0.117. The zero-order valence-corrected chi connectivity index (χ0v) is 20.0. The summed E-state index contributed by atoms with van der Waals surface area (Å²) >= 11 is 1.30. The number of imide groups is 1. The van der Waals surface area contributed by atoms with Crippen LogP contribution in [0, 0.1) is 0 Å². The molecule has 34 heavy (non-hydrogen) atoms. The van der Waals surface area contributed by atoms with E-state index in [4.69, 9.17) is 4.74 Å². The Morgan fingerprint density at radius 2 is 1.76 bits per heavy atom. The van der Waals surface area contributed by atoms with Gasteiger partial charge in [-0.05, 0) is 42.7 Å². The molecule has 0 radical (unpaired) electrons. The lowest BCUT2D eigenvalue weighted by atomic mass is 9.95. The van der Waals surface area contributed by atoms with Gasteiger partial charge in [0.2, 0.25) is 5.91 Å². The van der Waals surface area contributed by atoms with Crippen molar-refractivity contribution in [2.75, 3.05) is 12.9 Å². The number of nitrogens with one attached hydrogen (secondary N) is 2. The highest BCUT2D eigenvalue weighted by Gasteiger charge is 2.24. The average Bonchev–Trinajstić information content (AvgIpc) is 3.31. The van der Waals surface area contributed by atoms with Crippen molar-refractivity contribution in [2.45, 2.75) is 49.8 Å². The van der Waals surface area contributed by atoms with Crippen LogP contribution in [0.1, 0.15) is 43.7 Å². The van der Waals surface area contributed by atoms with Crippen LogP contribution in [0.25, 0.3) is 11.4 Å². The maximum Gasteiger partial charge on any atom is 0.321 e. The highest BCUT2D eigenvalue weighted by molar-refractivity contribution is 7.99. The van der Waals surface area contributed by atoms with Gasteiger partial charge in [-0.2, -0.15) is 0 Å². The standard InChI is InChI=1S/C25H29N5O3S/c1-33-21-14-12-19(13-15-21)23-28-29-25(30(23)20-10-6-3-7-11-20)34-17-22(31)27-24(32)26-16-18-8-4-2-5-9-18/h2,4-5,8-9,12-15,20H,3,6-7,10-11,16-17H2,1H3,(H2,26,27,31,32). The van der Waals surface area contributed by atoms with Crippen LogP contribution in [0.3, 0.4) is 0 Å². The third kappa shape index (κ3) is 6.17. The van der Waals surface area contributed by atoms with Crippen LogP contribution in [-0.4, -0.2) is 39.6 Å². The van der Waals surface area contributed by atoms with E-state index in [2.05, 4.69) is 25.4 Å². The minimum atomic E-state index is -0.512. The number of ether oxygens (including phenoxy) is 1. The number of methoxy groups -OCH3 is 1. The summed E-state index contributed by atoms with van der Waals surface area (Å²) in [6.07, 6.45) is 5.68. The Morgan fingerprint density at radius 1 is 1.03 bits per heavy atom. The van der Waals surface area contributed by atoms with Crippen molar-refractivity contribution in [1.29, 1.82) is 0 Å². The maximum atomic E-state index is 12.4. The molecule has 2 aromatic carbocycles. The molecule has 0 saturated heterocycles. The van der Waals surface area contributed by atoms with Gasteiger partial charge in [-0.25, -0.2) is 4.79 Å². The molecule has 0 bridgehead atoms. The maximum absolute atomic E-state index is 12.4. The summed E-state index contributed by atoms with van der Waals surface area (Å²) in [6.45, 7) is 0.355. The van der Waals surface area contributed by atoms with Crippen molar-refractivity contribution in [3.05, 3.63) is 60.2 Å². The zero-order valence-electron chi connectivity index (χ0n) is 19.2. The molecule has 0 atom stereocenters. The van der Waals surface area contributed by atoms with Gasteiger partial charge in [-0.3, -0.25) is 14.7 Å². The van der Waals surface area contributed by atoms with Crippen LogP contribution in [0.15, 0.2) is 59.8 Å². The molecule has 2 N–H and O–H groups in total. The molecular weight excluding hydrogens is 450 g/mol. The molecule has 1 saturated carbocycles. The van der Waals surface area contributed by atoms with E-state index in [0.717, 1.165) is 48.4 Å². The monoisotopic (exact) mass is 479 g/mol. The van der Waals surface area contributed by atoms with Gasteiger partial charge in [0.25, 0.3) is 0 Å². The normalized spacial score (nSPS) is 13.9. The van der Waals surface area contributed by atoms with Crippen molar-refractivity contribution >= 4 is 23.7 Å². The summed E-state index contributed by atoms with van der Waals surface area (Å²) in [4.78, 5) is 24.5. The second-order valence-corrected chi connectivity index (χ2v) is 9.14. The first-order valence-corrected chi connectivity index (χ1v) is 12.5. The molecule has 0 aliphatic heterocycles. The first-order chi connectivity index (χ1) is 16.6. The van der Waals surface area contributed by atoms with Crippen LogP contribution in [-0.2, 0) is 11.3 Å². The van der Waals surface area contributed by atoms with Gasteiger partial charge < -0.3 is 10.1 Å². The SMILES string of the molecule is COc1ccc(-c2nnc(SCC(=O)NC(=O)NCc3ccccc3)n2C2CCCCC2)cc1. The van der Waals surface area contributed by atoms with Crippen LogP contribution in [0.4, 0.5) is 4.79 Å². The molecule has 3 amide bonds. The number of benzene rings is 2. The zero-order chi connectivity index (χ0) is 23.8. The molecule has 9 heteroatoms. The van der Waals surface area contributed by atoms with Gasteiger partial charge in [0.15, 0.2) is 11.0 Å². The van der Waals surface area contributed by atoms with Gasteiger partial charge in [0, 0.05) is 18.2 Å². The quantitative estimate of drug-likeness (QED) is 0.459. The van der Waals surface area contributed by atoms with Gasteiger partial charge in [-0.15, -0.1) is 10.2 Å². The largest absolute Gasteiger partial charge is 0.497 e. The molecule has 1 heterocycles. The van der Waals surface area contributed by atoms with Crippen molar-refractivity contribution in [2.24, 2.45) is 0 Å². The van der Waals surface area contributed by atoms with Crippen molar-refractivity contribution in [1.82, 2.24) is 25.4 Å². The minimum absolute atomic E-state index is 0.0756. The summed E-state index contributed by atoms with van der Waals surface area (Å²) < 4.78 is 7.43. The molecule has 0 unspecified atom stereocenters. The van der Waals surface area contributed by atoms with Crippen LogP contribution >= 0.6 is 11.8 Å². The smallest absolute Gasteiger partial charge is 0.321 e. The molecule has 1 aliphatic rings. The highest BCUT2D eigenvalue weighted by atomic mass is 32.2. The van der Waals surface area contributed by atoms with E-state index < -0.39 is 6.03 Å². The van der Waals surface area contributed by atoms with E-state index in [0.29, 0.717) is 17.7 Å². The van der Waals surface area contributed by atoms with E-state index >= 15 is 0 Å². The fraction of sp³-hybridized carbons (Fsp3) is 0.360. The van der Waals surface area contributed by atoms with Gasteiger partial charge in [0.1, 0.15) is 5.75 Å². The van der Waals surface area contributed by atoms with Crippen molar-refractivity contribution in [3.63, 3.8) is 0 Å². The Labute approximate surface area is 203 Å². The molecule has 1 aromatic heterocycles. The summed E-state index contributed by atoms with van der Waals surface area (Å²) in [5, 5.41) is 14.6. The molecule has 178 valence electrons. The number of aromatic nitrogens is 3. The fourth-order valence-corrected chi connectivity index (χ4v) is 4.90. The number of thioether (sulfide) groups is 1. The summed E-state index contributed by atoms with van der Waals surface area (Å²) in [6, 6.07) is 17.1. The van der Waals surface area contributed by atoms with Crippen molar-refractivity contribution in [3.8, 4) is 17.1 Å². The third-order valence-corrected chi connectivity index (χ3v) is 6.78. The van der Waals surface area contributed by atoms with E-state index in [1.807, 2.05) is 54.6 Å². The average molecular weight is 480 g/mol. The van der Waals surface area contributed by atoms with Gasteiger partial charge >= 0.3 is 6.03 Å². The Morgan fingerprint density at radius 3 is 2.47 bits per heavy atom. The third-order valence-electron chi connectivity index (χ3n) is 5.83. The molecule has 8 nitrogen and oxygen atoms in total. The predicted molar refractivity (Wildman–Crippen MR) is 132 cm³/mol. The number of rotatable bonds is 8. The van der Waals surface area contributed by atoms with E-state index in [1.54, 1.807) is 7.11 Å². The highest BCUT2D eigenvalue weighted by Crippen LogP contribution is 2.35. The Hall–Kier alpha value is -3.33.